The topological polar surface area (TPSA) is 75.3 Å². The normalized spacial score (nSPS) is 22.5. The largest absolute Gasteiger partial charge is 0.349 e. The third kappa shape index (κ3) is 4.52. The summed E-state index contributed by atoms with van der Waals surface area (Å²) in [6.45, 7) is 4.35. The summed E-state index contributed by atoms with van der Waals surface area (Å²) in [6.07, 6.45) is 3.22. The first kappa shape index (κ1) is 20.3. The van der Waals surface area contributed by atoms with E-state index in [9.17, 15) is 17.6 Å². The van der Waals surface area contributed by atoms with Crippen molar-refractivity contribution >= 4 is 21.6 Å². The number of anilines is 1. The van der Waals surface area contributed by atoms with Gasteiger partial charge in [-0.25, -0.2) is 12.8 Å². The molecule has 1 aliphatic carbocycles. The van der Waals surface area contributed by atoms with Crippen molar-refractivity contribution < 1.29 is 17.6 Å². The Morgan fingerprint density at radius 3 is 2.39 bits per heavy atom. The number of sulfonamides is 1. The molecule has 0 aliphatic heterocycles. The summed E-state index contributed by atoms with van der Waals surface area (Å²) < 4.78 is 40.8. The number of hydrogen-bond donors (Lipinski definition) is 2. The predicted octanol–water partition coefficient (Wildman–Crippen LogP) is 4.18. The van der Waals surface area contributed by atoms with E-state index in [1.807, 2.05) is 0 Å². The first-order valence-electron chi connectivity index (χ1n) is 9.46. The number of halogens is 1. The van der Waals surface area contributed by atoms with Gasteiger partial charge in [0.1, 0.15) is 5.82 Å². The van der Waals surface area contributed by atoms with Gasteiger partial charge in [-0.2, -0.15) is 0 Å². The van der Waals surface area contributed by atoms with Crippen molar-refractivity contribution in [1.82, 2.24) is 5.32 Å². The maximum atomic E-state index is 13.7. The van der Waals surface area contributed by atoms with E-state index >= 15 is 0 Å². The molecule has 1 amide bonds. The fourth-order valence-electron chi connectivity index (χ4n) is 3.57. The van der Waals surface area contributed by atoms with Crippen LogP contribution in [0.25, 0.3) is 0 Å². The molecule has 0 radical (unpaired) electrons. The molecule has 150 valence electrons. The van der Waals surface area contributed by atoms with Crippen LogP contribution in [0.5, 0.6) is 0 Å². The minimum Gasteiger partial charge on any atom is -0.349 e. The summed E-state index contributed by atoms with van der Waals surface area (Å²) in [4.78, 5) is 12.5. The maximum Gasteiger partial charge on any atom is 0.261 e. The number of nitrogens with one attached hydrogen (secondary N) is 2. The zero-order valence-corrected chi connectivity index (χ0v) is 16.8. The Balaban J connectivity index is 1.70. The second-order valence-electron chi connectivity index (χ2n) is 7.46. The van der Waals surface area contributed by atoms with Crippen LogP contribution in [0.2, 0.25) is 0 Å². The number of carbonyl (C=O) groups is 1. The number of para-hydroxylation sites is 1. The molecular weight excluding hydrogens is 379 g/mol. The van der Waals surface area contributed by atoms with Gasteiger partial charge in [0.15, 0.2) is 0 Å². The van der Waals surface area contributed by atoms with Gasteiger partial charge in [0, 0.05) is 11.6 Å². The number of hydrogen-bond acceptors (Lipinski definition) is 3. The van der Waals surface area contributed by atoms with Crippen LogP contribution in [0, 0.1) is 17.7 Å². The van der Waals surface area contributed by atoms with Gasteiger partial charge < -0.3 is 5.32 Å². The van der Waals surface area contributed by atoms with Crippen molar-refractivity contribution in [2.24, 2.45) is 11.8 Å². The van der Waals surface area contributed by atoms with Crippen molar-refractivity contribution in [2.45, 2.75) is 44.0 Å². The van der Waals surface area contributed by atoms with Gasteiger partial charge in [-0.1, -0.05) is 38.8 Å². The number of amides is 1. The second-order valence-corrected chi connectivity index (χ2v) is 9.14. The lowest BCUT2D eigenvalue weighted by molar-refractivity contribution is 0.0891. The van der Waals surface area contributed by atoms with E-state index < -0.39 is 15.8 Å². The van der Waals surface area contributed by atoms with Crippen LogP contribution < -0.4 is 10.0 Å². The van der Waals surface area contributed by atoms with Crippen molar-refractivity contribution in [3.05, 3.63) is 59.9 Å². The minimum atomic E-state index is -3.94. The number of carbonyl (C=O) groups excluding carboxylic acids is 1. The Hall–Kier alpha value is -2.41. The summed E-state index contributed by atoms with van der Waals surface area (Å²) in [5.41, 5.74) is 0.278. The summed E-state index contributed by atoms with van der Waals surface area (Å²) in [5, 5.41) is 3.07. The predicted molar refractivity (Wildman–Crippen MR) is 107 cm³/mol. The van der Waals surface area contributed by atoms with Crippen LogP contribution in [-0.2, 0) is 10.0 Å². The first-order valence-corrected chi connectivity index (χ1v) is 10.9. The molecule has 0 heterocycles. The lowest BCUT2D eigenvalue weighted by atomic mass is 9.78. The van der Waals surface area contributed by atoms with Crippen LogP contribution in [0.1, 0.15) is 43.5 Å². The third-order valence-electron chi connectivity index (χ3n) is 5.57. The summed E-state index contributed by atoms with van der Waals surface area (Å²) in [7, 11) is -3.94. The lowest BCUT2D eigenvalue weighted by Gasteiger charge is -2.34. The molecule has 28 heavy (non-hydrogen) atoms. The van der Waals surface area contributed by atoms with E-state index in [-0.39, 0.29) is 22.5 Å². The highest BCUT2D eigenvalue weighted by atomic mass is 32.2. The van der Waals surface area contributed by atoms with E-state index in [1.165, 1.54) is 48.9 Å². The molecule has 2 N–H and O–H groups in total. The molecule has 1 saturated carbocycles. The van der Waals surface area contributed by atoms with E-state index in [0.29, 0.717) is 17.4 Å². The molecule has 5 nitrogen and oxygen atoms in total. The fraction of sp³-hybridized carbons (Fsp3) is 0.381. The average molecular weight is 405 g/mol. The highest BCUT2D eigenvalue weighted by Crippen LogP contribution is 2.29. The zero-order valence-electron chi connectivity index (χ0n) is 16.0. The van der Waals surface area contributed by atoms with Gasteiger partial charge in [0.2, 0.25) is 0 Å². The van der Waals surface area contributed by atoms with Gasteiger partial charge in [0.05, 0.1) is 10.6 Å². The van der Waals surface area contributed by atoms with Gasteiger partial charge in [-0.3, -0.25) is 9.52 Å². The van der Waals surface area contributed by atoms with E-state index in [1.54, 1.807) is 6.07 Å². The molecule has 3 atom stereocenters. The molecule has 1 aliphatic rings. The number of rotatable bonds is 5. The molecule has 0 unspecified atom stereocenters. The second kappa shape index (κ2) is 8.31. The summed E-state index contributed by atoms with van der Waals surface area (Å²) >= 11 is 0. The third-order valence-corrected chi connectivity index (χ3v) is 6.95. The Morgan fingerprint density at radius 2 is 1.71 bits per heavy atom. The van der Waals surface area contributed by atoms with Crippen LogP contribution in [-0.4, -0.2) is 20.4 Å². The lowest BCUT2D eigenvalue weighted by Crippen LogP contribution is -2.43. The van der Waals surface area contributed by atoms with Crippen LogP contribution in [0.4, 0.5) is 10.1 Å². The molecule has 2 aromatic carbocycles. The standard InChI is InChI=1S/C21H25FN2O3S/c1-14-6-5-9-19(15(14)2)23-21(25)16-10-12-17(13-11-16)28(26,27)24-20-8-4-3-7-18(20)22/h3-4,7-8,10-15,19,24H,5-6,9H2,1-2H3,(H,23,25)/t14-,15-,19-/m1/s1. The van der Waals surface area contributed by atoms with E-state index in [0.717, 1.165) is 12.8 Å². The van der Waals surface area contributed by atoms with Gasteiger partial charge >= 0.3 is 0 Å². The maximum absolute atomic E-state index is 13.7. The van der Waals surface area contributed by atoms with Crippen molar-refractivity contribution in [3.63, 3.8) is 0 Å². The van der Waals surface area contributed by atoms with Crippen LogP contribution in [0.3, 0.4) is 0 Å². The molecule has 0 spiro atoms. The SMILES string of the molecule is C[C@@H]1[C@H](C)CCC[C@H]1NC(=O)c1ccc(S(=O)(=O)Nc2ccccc2F)cc1. The Morgan fingerprint density at radius 1 is 1.04 bits per heavy atom. The van der Waals surface area contributed by atoms with Crippen molar-refractivity contribution in [1.29, 1.82) is 0 Å². The molecule has 2 aromatic rings. The fourth-order valence-corrected chi connectivity index (χ4v) is 4.64. The van der Waals surface area contributed by atoms with Crippen molar-refractivity contribution in [2.75, 3.05) is 4.72 Å². The molecule has 0 bridgehead atoms. The molecule has 7 heteroatoms. The molecular formula is C21H25FN2O3S. The first-order chi connectivity index (χ1) is 13.3. The molecule has 3 rings (SSSR count). The summed E-state index contributed by atoms with van der Waals surface area (Å²) in [5.74, 6) is 0.105. The minimum absolute atomic E-state index is 0.0352. The van der Waals surface area contributed by atoms with Gasteiger partial charge in [0.25, 0.3) is 15.9 Å². The molecule has 1 fully saturated rings. The Bertz CT molecular complexity index is 944. The quantitative estimate of drug-likeness (QED) is 0.785. The van der Waals surface area contributed by atoms with Crippen LogP contribution in [0.15, 0.2) is 53.4 Å². The summed E-state index contributed by atoms with van der Waals surface area (Å²) in [6, 6.07) is 11.3. The monoisotopic (exact) mass is 404 g/mol. The highest BCUT2D eigenvalue weighted by molar-refractivity contribution is 7.92. The number of benzene rings is 2. The van der Waals surface area contributed by atoms with Gasteiger partial charge in [-0.15, -0.1) is 0 Å². The van der Waals surface area contributed by atoms with Crippen molar-refractivity contribution in [3.8, 4) is 0 Å². The van der Waals surface area contributed by atoms with E-state index in [4.69, 9.17) is 0 Å². The zero-order chi connectivity index (χ0) is 20.3. The van der Waals surface area contributed by atoms with Crippen LogP contribution >= 0.6 is 0 Å². The average Bonchev–Trinajstić information content (AvgIpc) is 2.67. The Labute approximate surface area is 165 Å². The van der Waals surface area contributed by atoms with E-state index in [2.05, 4.69) is 23.9 Å². The Kier molecular flexibility index (Phi) is 6.03. The van der Waals surface area contributed by atoms with Gasteiger partial charge in [-0.05, 0) is 54.7 Å². The molecule has 0 saturated heterocycles. The smallest absolute Gasteiger partial charge is 0.261 e. The highest BCUT2D eigenvalue weighted by Gasteiger charge is 2.28. The molecule has 0 aromatic heterocycles.